The molecular weight excluding hydrogens is 353 g/mol. The fourth-order valence-corrected chi connectivity index (χ4v) is 2.04. The van der Waals surface area contributed by atoms with Crippen molar-refractivity contribution in [1.82, 2.24) is 10.6 Å². The first-order valence-corrected chi connectivity index (χ1v) is 7.90. The van der Waals surface area contributed by atoms with E-state index in [1.807, 2.05) is 0 Å². The molecule has 0 aliphatic rings. The minimum absolute atomic E-state index is 0.0481. The number of quaternary nitrogens is 1. The van der Waals surface area contributed by atoms with Gasteiger partial charge in [-0.05, 0) is 26.0 Å². The first-order valence-electron chi connectivity index (χ1n) is 7.90. The van der Waals surface area contributed by atoms with Gasteiger partial charge in [0, 0.05) is 6.04 Å². The fourth-order valence-electron chi connectivity index (χ4n) is 2.04. The number of likely N-dealkylation sites (N-methyl/N-ethyl adjacent to an activating group) is 1. The maximum Gasteiger partial charge on any atom is 0.279 e. The number of rotatable bonds is 8. The summed E-state index contributed by atoms with van der Waals surface area (Å²) >= 11 is 0. The average molecular weight is 375 g/mol. The highest BCUT2D eigenvalue weighted by Gasteiger charge is 2.18. The van der Waals surface area contributed by atoms with Crippen LogP contribution in [0.4, 0.5) is 18.9 Å². The van der Waals surface area contributed by atoms with E-state index in [1.165, 1.54) is 7.05 Å². The molecule has 0 aliphatic carbocycles. The second-order valence-electron chi connectivity index (χ2n) is 6.08. The molecule has 4 N–H and O–H groups in total. The highest BCUT2D eigenvalue weighted by molar-refractivity contribution is 5.91. The van der Waals surface area contributed by atoms with Crippen molar-refractivity contribution in [3.05, 3.63) is 29.6 Å². The summed E-state index contributed by atoms with van der Waals surface area (Å²) in [6.07, 6.45) is 0. The summed E-state index contributed by atoms with van der Waals surface area (Å²) in [5.74, 6) is -6.00. The van der Waals surface area contributed by atoms with Gasteiger partial charge in [-0.2, -0.15) is 0 Å². The first kappa shape index (κ1) is 21.4. The Kier molecular flexibility index (Phi) is 8.04. The minimum atomic E-state index is -1.68. The number of nitrogens with one attached hydrogen (secondary N) is 4. The molecule has 0 aromatic heterocycles. The van der Waals surface area contributed by atoms with Gasteiger partial charge in [0.05, 0.1) is 19.3 Å². The predicted octanol–water partition coefficient (Wildman–Crippen LogP) is -0.802. The Morgan fingerprint density at radius 2 is 1.62 bits per heavy atom. The molecule has 0 fully saturated rings. The molecule has 10 heteroatoms. The lowest BCUT2D eigenvalue weighted by atomic mass is 10.2. The quantitative estimate of drug-likeness (QED) is 0.448. The topological polar surface area (TPSA) is 91.7 Å². The smallest absolute Gasteiger partial charge is 0.279 e. The van der Waals surface area contributed by atoms with Crippen LogP contribution in [0.1, 0.15) is 13.8 Å². The summed E-state index contributed by atoms with van der Waals surface area (Å²) in [5, 5.41) is 7.13. The van der Waals surface area contributed by atoms with E-state index in [2.05, 4.69) is 16.0 Å². The Morgan fingerprint density at radius 3 is 2.23 bits per heavy atom. The van der Waals surface area contributed by atoms with Crippen LogP contribution < -0.4 is 20.9 Å². The van der Waals surface area contributed by atoms with Crippen molar-refractivity contribution in [3.63, 3.8) is 0 Å². The molecule has 3 amide bonds. The number of hydrogen-bond donors (Lipinski definition) is 4. The van der Waals surface area contributed by atoms with E-state index in [-0.39, 0.29) is 31.6 Å². The second-order valence-corrected chi connectivity index (χ2v) is 6.08. The molecule has 1 aromatic carbocycles. The van der Waals surface area contributed by atoms with E-state index in [4.69, 9.17) is 0 Å². The Morgan fingerprint density at radius 1 is 1.00 bits per heavy atom. The van der Waals surface area contributed by atoms with Crippen molar-refractivity contribution in [2.45, 2.75) is 19.9 Å². The van der Waals surface area contributed by atoms with Crippen LogP contribution in [0.15, 0.2) is 12.1 Å². The normalized spacial score (nSPS) is 11.8. The number of halogens is 3. The van der Waals surface area contributed by atoms with Crippen LogP contribution >= 0.6 is 0 Å². The Labute approximate surface area is 148 Å². The van der Waals surface area contributed by atoms with E-state index in [0.717, 1.165) is 6.07 Å². The maximum absolute atomic E-state index is 13.5. The predicted molar refractivity (Wildman–Crippen MR) is 87.9 cm³/mol. The molecule has 0 radical (unpaired) electrons. The van der Waals surface area contributed by atoms with Crippen molar-refractivity contribution >= 4 is 23.4 Å². The summed E-state index contributed by atoms with van der Waals surface area (Å²) in [4.78, 5) is 35.4. The highest BCUT2D eigenvalue weighted by Crippen LogP contribution is 2.19. The number of carbonyl (C=O) groups is 3. The van der Waals surface area contributed by atoms with E-state index < -0.39 is 35.0 Å². The third-order valence-corrected chi connectivity index (χ3v) is 3.13. The van der Waals surface area contributed by atoms with Crippen LogP contribution in [-0.2, 0) is 14.4 Å². The largest absolute Gasteiger partial charge is 0.352 e. The molecule has 0 aliphatic heterocycles. The van der Waals surface area contributed by atoms with Crippen LogP contribution in [0.3, 0.4) is 0 Å². The zero-order valence-corrected chi connectivity index (χ0v) is 14.7. The Hall–Kier alpha value is -2.62. The molecule has 0 saturated heterocycles. The van der Waals surface area contributed by atoms with Crippen LogP contribution in [0, 0.1) is 17.5 Å². The van der Waals surface area contributed by atoms with Crippen molar-refractivity contribution < 1.29 is 32.5 Å². The molecule has 0 bridgehead atoms. The van der Waals surface area contributed by atoms with Gasteiger partial charge in [-0.15, -0.1) is 0 Å². The molecule has 26 heavy (non-hydrogen) atoms. The second kappa shape index (κ2) is 9.76. The molecule has 0 heterocycles. The van der Waals surface area contributed by atoms with Crippen LogP contribution in [0.5, 0.6) is 0 Å². The number of benzene rings is 1. The SMILES string of the molecule is CC(C)NC(=O)CNC(=O)C[NH+](C)CC(=O)Nc1ccc(F)c(F)c1F. The summed E-state index contributed by atoms with van der Waals surface area (Å²) in [6, 6.07) is 1.55. The molecule has 0 spiro atoms. The van der Waals surface area contributed by atoms with Gasteiger partial charge in [-0.1, -0.05) is 0 Å². The Bertz CT molecular complexity index is 683. The number of hydrogen-bond acceptors (Lipinski definition) is 3. The minimum Gasteiger partial charge on any atom is -0.352 e. The van der Waals surface area contributed by atoms with Crippen LogP contribution in [-0.4, -0.2) is 50.4 Å². The van der Waals surface area contributed by atoms with E-state index in [1.54, 1.807) is 13.8 Å². The Balaban J connectivity index is 2.44. The van der Waals surface area contributed by atoms with Crippen molar-refractivity contribution in [3.8, 4) is 0 Å². The van der Waals surface area contributed by atoms with Gasteiger partial charge in [0.1, 0.15) is 0 Å². The van der Waals surface area contributed by atoms with Crippen molar-refractivity contribution in [2.24, 2.45) is 0 Å². The number of amides is 3. The number of anilines is 1. The molecule has 144 valence electrons. The number of carbonyl (C=O) groups excluding carboxylic acids is 3. The molecular formula is C16H22F3N4O3+. The fraction of sp³-hybridized carbons (Fsp3) is 0.438. The highest BCUT2D eigenvalue weighted by atomic mass is 19.2. The van der Waals surface area contributed by atoms with Gasteiger partial charge in [0.25, 0.3) is 11.8 Å². The lowest BCUT2D eigenvalue weighted by Gasteiger charge is -2.14. The zero-order chi connectivity index (χ0) is 19.9. The molecule has 1 rings (SSSR count). The van der Waals surface area contributed by atoms with Gasteiger partial charge < -0.3 is 20.9 Å². The van der Waals surface area contributed by atoms with Crippen LogP contribution in [0.2, 0.25) is 0 Å². The summed E-state index contributed by atoms with van der Waals surface area (Å²) in [5.41, 5.74) is -0.489. The average Bonchev–Trinajstić information content (AvgIpc) is 2.52. The third kappa shape index (κ3) is 7.09. The van der Waals surface area contributed by atoms with E-state index >= 15 is 0 Å². The lowest BCUT2D eigenvalue weighted by molar-refractivity contribution is -0.862. The summed E-state index contributed by atoms with van der Waals surface area (Å²) < 4.78 is 39.5. The van der Waals surface area contributed by atoms with E-state index in [0.29, 0.717) is 11.0 Å². The van der Waals surface area contributed by atoms with Gasteiger partial charge in [-0.3, -0.25) is 14.4 Å². The first-order chi connectivity index (χ1) is 12.1. The zero-order valence-electron chi connectivity index (χ0n) is 14.7. The van der Waals surface area contributed by atoms with Crippen molar-refractivity contribution in [1.29, 1.82) is 0 Å². The third-order valence-electron chi connectivity index (χ3n) is 3.13. The maximum atomic E-state index is 13.5. The molecule has 1 unspecified atom stereocenters. The monoisotopic (exact) mass is 375 g/mol. The molecule has 7 nitrogen and oxygen atoms in total. The van der Waals surface area contributed by atoms with Gasteiger partial charge in [0.15, 0.2) is 30.5 Å². The molecule has 1 atom stereocenters. The summed E-state index contributed by atoms with van der Waals surface area (Å²) in [6.45, 7) is 3.06. The van der Waals surface area contributed by atoms with Gasteiger partial charge in [-0.25, -0.2) is 13.2 Å². The standard InChI is InChI=1S/C16H21F3N4O3/c1-9(2)21-12(24)6-20-13(25)7-23(3)8-14(26)22-11-5-4-10(17)15(18)16(11)19/h4-5,9H,6-8H2,1-3H3,(H,20,25)(H,21,24)(H,22,26)/p+1. The lowest BCUT2D eigenvalue weighted by Crippen LogP contribution is -3.11. The van der Waals surface area contributed by atoms with Gasteiger partial charge >= 0.3 is 0 Å². The molecule has 1 aromatic rings. The van der Waals surface area contributed by atoms with Crippen molar-refractivity contribution in [2.75, 3.05) is 32.0 Å². The molecule has 0 saturated carbocycles. The van der Waals surface area contributed by atoms with Crippen LogP contribution in [0.25, 0.3) is 0 Å². The van der Waals surface area contributed by atoms with E-state index in [9.17, 15) is 27.6 Å². The van der Waals surface area contributed by atoms with Gasteiger partial charge in [0.2, 0.25) is 5.91 Å². The summed E-state index contributed by atoms with van der Waals surface area (Å²) in [7, 11) is 1.54.